The van der Waals surface area contributed by atoms with Gasteiger partial charge < -0.3 is 0 Å². The number of nitrogens with zero attached hydrogens (tertiary/aromatic N) is 1. The first kappa shape index (κ1) is 16.1. The normalized spacial score (nSPS) is 28.2. The Balaban J connectivity index is 1.67. The molecule has 134 valence electrons. The number of nitrogens with one attached hydrogen (secondary N) is 1. The zero-order valence-electron chi connectivity index (χ0n) is 14.5. The summed E-state index contributed by atoms with van der Waals surface area (Å²) in [6.45, 7) is 1.75. The third-order valence-corrected chi connectivity index (χ3v) is 5.96. The van der Waals surface area contributed by atoms with E-state index in [2.05, 4.69) is 5.32 Å². The minimum absolute atomic E-state index is 0.307. The molecule has 1 aliphatic carbocycles. The molecule has 2 heterocycles. The highest BCUT2D eigenvalue weighted by molar-refractivity contribution is 6.37. The molecule has 3 unspecified atom stereocenters. The van der Waals surface area contributed by atoms with E-state index in [-0.39, 0.29) is 5.91 Å². The number of amides is 2. The van der Waals surface area contributed by atoms with E-state index in [1.807, 2.05) is 0 Å². The summed E-state index contributed by atoms with van der Waals surface area (Å²) in [5.74, 6) is -3.49. The Morgan fingerprint density at radius 1 is 0.815 bits per heavy atom. The second-order valence-corrected chi connectivity index (χ2v) is 7.30. The first-order valence-electron chi connectivity index (χ1n) is 8.87. The van der Waals surface area contributed by atoms with E-state index < -0.39 is 40.9 Å². The zero-order chi connectivity index (χ0) is 18.9. The van der Waals surface area contributed by atoms with E-state index in [9.17, 15) is 19.2 Å². The van der Waals surface area contributed by atoms with Crippen LogP contribution in [0.2, 0.25) is 0 Å². The first-order valence-corrected chi connectivity index (χ1v) is 8.87. The largest absolute Gasteiger partial charge is 0.294 e. The van der Waals surface area contributed by atoms with Gasteiger partial charge in [-0.1, -0.05) is 42.5 Å². The van der Waals surface area contributed by atoms with Gasteiger partial charge in [-0.25, -0.2) is 4.90 Å². The van der Waals surface area contributed by atoms with Crippen molar-refractivity contribution in [1.29, 1.82) is 0 Å². The van der Waals surface area contributed by atoms with E-state index in [1.54, 1.807) is 61.5 Å². The molecule has 2 amide bonds. The maximum Gasteiger partial charge on any atom is 0.240 e. The number of ketones is 2. The number of rotatable bonds is 1. The third kappa shape index (κ3) is 1.78. The Kier molecular flexibility index (Phi) is 3.10. The molecule has 0 radical (unpaired) electrons. The summed E-state index contributed by atoms with van der Waals surface area (Å²) in [6.07, 6.45) is 0. The number of carbonyl (C=O) groups is 4. The van der Waals surface area contributed by atoms with Crippen LogP contribution in [0.5, 0.6) is 0 Å². The molecule has 2 aromatic carbocycles. The lowest BCUT2D eigenvalue weighted by atomic mass is 9.77. The van der Waals surface area contributed by atoms with Gasteiger partial charge in [-0.2, -0.15) is 0 Å². The molecule has 2 aliphatic heterocycles. The third-order valence-electron chi connectivity index (χ3n) is 5.96. The molecule has 6 heteroatoms. The van der Waals surface area contributed by atoms with Crippen LogP contribution in [0.15, 0.2) is 54.6 Å². The van der Waals surface area contributed by atoms with Crippen molar-refractivity contribution in [3.05, 3.63) is 65.7 Å². The molecular formula is C21H16N2O4. The van der Waals surface area contributed by atoms with E-state index in [0.717, 1.165) is 4.90 Å². The van der Waals surface area contributed by atoms with Gasteiger partial charge in [-0.05, 0) is 19.1 Å². The maximum atomic E-state index is 13.3. The summed E-state index contributed by atoms with van der Waals surface area (Å²) in [4.78, 5) is 54.0. The van der Waals surface area contributed by atoms with Crippen molar-refractivity contribution in [3.8, 4) is 0 Å². The molecule has 1 N–H and O–H groups in total. The smallest absolute Gasteiger partial charge is 0.240 e. The summed E-state index contributed by atoms with van der Waals surface area (Å²) in [5, 5.41) is 3.04. The van der Waals surface area contributed by atoms with Crippen molar-refractivity contribution in [2.24, 2.45) is 11.8 Å². The van der Waals surface area contributed by atoms with E-state index >= 15 is 0 Å². The Hall–Kier alpha value is -3.12. The van der Waals surface area contributed by atoms with Gasteiger partial charge in [0.15, 0.2) is 17.1 Å². The van der Waals surface area contributed by atoms with Gasteiger partial charge in [-0.15, -0.1) is 0 Å². The second kappa shape index (κ2) is 5.20. The predicted octanol–water partition coefficient (Wildman–Crippen LogP) is 1.60. The molecule has 5 rings (SSSR count). The molecule has 2 saturated heterocycles. The van der Waals surface area contributed by atoms with E-state index in [0.29, 0.717) is 16.8 Å². The van der Waals surface area contributed by atoms with Crippen molar-refractivity contribution in [1.82, 2.24) is 5.32 Å². The number of benzene rings is 2. The van der Waals surface area contributed by atoms with Crippen LogP contribution in [0, 0.1) is 11.8 Å². The van der Waals surface area contributed by atoms with E-state index in [4.69, 9.17) is 0 Å². The predicted molar refractivity (Wildman–Crippen MR) is 96.3 cm³/mol. The number of hydrogen-bond acceptors (Lipinski definition) is 5. The van der Waals surface area contributed by atoms with Crippen LogP contribution in [-0.4, -0.2) is 35.0 Å². The fourth-order valence-corrected chi connectivity index (χ4v) is 4.84. The molecule has 0 bridgehead atoms. The fourth-order valence-electron chi connectivity index (χ4n) is 4.84. The van der Waals surface area contributed by atoms with Crippen LogP contribution in [0.4, 0.5) is 5.69 Å². The van der Waals surface area contributed by atoms with Gasteiger partial charge in [0.05, 0.1) is 17.5 Å². The molecule has 6 nitrogen and oxygen atoms in total. The van der Waals surface area contributed by atoms with Crippen LogP contribution in [0.3, 0.4) is 0 Å². The summed E-state index contributed by atoms with van der Waals surface area (Å²) in [7, 11) is 0. The van der Waals surface area contributed by atoms with Crippen LogP contribution in [0.1, 0.15) is 27.6 Å². The minimum atomic E-state index is -1.69. The Morgan fingerprint density at radius 2 is 1.37 bits per heavy atom. The van der Waals surface area contributed by atoms with Crippen molar-refractivity contribution in [2.75, 3.05) is 4.90 Å². The van der Waals surface area contributed by atoms with Crippen molar-refractivity contribution in [2.45, 2.75) is 18.5 Å². The van der Waals surface area contributed by atoms with E-state index in [1.165, 1.54) is 0 Å². The van der Waals surface area contributed by atoms with Gasteiger partial charge in [0, 0.05) is 17.2 Å². The molecule has 1 spiro atoms. The molecule has 3 aliphatic rings. The highest BCUT2D eigenvalue weighted by atomic mass is 16.2. The number of para-hydroxylation sites is 1. The Morgan fingerprint density at radius 3 is 1.96 bits per heavy atom. The summed E-state index contributed by atoms with van der Waals surface area (Å²) in [5.41, 5.74) is -0.619. The molecule has 2 fully saturated rings. The Labute approximate surface area is 155 Å². The molecule has 2 aromatic rings. The maximum absolute atomic E-state index is 13.3. The van der Waals surface area contributed by atoms with Gasteiger partial charge >= 0.3 is 0 Å². The summed E-state index contributed by atoms with van der Waals surface area (Å²) in [6, 6.07) is 14.7. The number of hydrogen-bond donors (Lipinski definition) is 1. The second-order valence-electron chi connectivity index (χ2n) is 7.30. The lowest BCUT2D eigenvalue weighted by Gasteiger charge is -2.27. The monoisotopic (exact) mass is 360 g/mol. The number of imide groups is 1. The van der Waals surface area contributed by atoms with Gasteiger partial charge in [0.1, 0.15) is 0 Å². The average molecular weight is 360 g/mol. The highest BCUT2D eigenvalue weighted by Gasteiger charge is 2.72. The minimum Gasteiger partial charge on any atom is -0.294 e. The average Bonchev–Trinajstić information content (AvgIpc) is 3.22. The number of anilines is 1. The van der Waals surface area contributed by atoms with Gasteiger partial charge in [0.2, 0.25) is 11.8 Å². The van der Waals surface area contributed by atoms with Gasteiger partial charge in [-0.3, -0.25) is 24.5 Å². The quantitative estimate of drug-likeness (QED) is 0.617. The Bertz CT molecular complexity index is 994. The summed E-state index contributed by atoms with van der Waals surface area (Å²) < 4.78 is 0. The fraction of sp³-hybridized carbons (Fsp3) is 0.238. The standard InChI is InChI=1S/C21H16N2O4/c1-11-15-16(20(27)23(19(15)26)12-7-3-2-4-8-12)21(22-11)17(24)13-9-5-6-10-14(13)18(21)25/h2-11,15-16,22H,1H3. The lowest BCUT2D eigenvalue weighted by Crippen LogP contribution is -2.58. The highest BCUT2D eigenvalue weighted by Crippen LogP contribution is 2.49. The number of Topliss-reactive ketones (excluding diaryl/α,β-unsaturated/α-hetero) is 2. The SMILES string of the molecule is CC1NC2(C(=O)c3ccccc3C2=O)C2C(=O)N(c3ccccc3)C(=O)C12. The molecule has 3 atom stereocenters. The molecular weight excluding hydrogens is 344 g/mol. The lowest BCUT2D eigenvalue weighted by molar-refractivity contribution is -0.123. The van der Waals surface area contributed by atoms with Gasteiger partial charge in [0.25, 0.3) is 0 Å². The van der Waals surface area contributed by atoms with Crippen LogP contribution in [-0.2, 0) is 9.59 Å². The first-order chi connectivity index (χ1) is 13.0. The summed E-state index contributed by atoms with van der Waals surface area (Å²) >= 11 is 0. The molecule has 0 saturated carbocycles. The number of carbonyl (C=O) groups excluding carboxylic acids is 4. The van der Waals surface area contributed by atoms with Crippen molar-refractivity contribution in [3.63, 3.8) is 0 Å². The molecule has 0 aromatic heterocycles. The zero-order valence-corrected chi connectivity index (χ0v) is 14.5. The van der Waals surface area contributed by atoms with Crippen LogP contribution < -0.4 is 10.2 Å². The topological polar surface area (TPSA) is 83.6 Å². The molecule has 27 heavy (non-hydrogen) atoms. The van der Waals surface area contributed by atoms with Crippen LogP contribution in [0.25, 0.3) is 0 Å². The number of fused-ring (bicyclic) bond motifs is 3. The van der Waals surface area contributed by atoms with Crippen LogP contribution >= 0.6 is 0 Å². The van der Waals surface area contributed by atoms with Crippen molar-refractivity contribution >= 4 is 29.1 Å². The van der Waals surface area contributed by atoms with Crippen molar-refractivity contribution < 1.29 is 19.2 Å².